The molecular formula is C8H20N4O. The van der Waals surface area contributed by atoms with Crippen molar-refractivity contribution in [2.24, 2.45) is 10.7 Å². The summed E-state index contributed by atoms with van der Waals surface area (Å²) in [6.45, 7) is 7.31. The smallest absolute Gasteiger partial charge is 0.119 e. The minimum absolute atomic E-state index is 0.227. The van der Waals surface area contributed by atoms with Gasteiger partial charge in [-0.1, -0.05) is 0 Å². The molecular weight excluding hydrogens is 168 g/mol. The molecule has 0 atom stereocenters. The van der Waals surface area contributed by atoms with Crippen LogP contribution in [-0.4, -0.2) is 32.0 Å². The number of hydrogen-bond donors (Lipinski definition) is 3. The molecule has 13 heavy (non-hydrogen) atoms. The van der Waals surface area contributed by atoms with Crippen LogP contribution in [0.3, 0.4) is 0 Å². The second kappa shape index (κ2) is 7.97. The minimum atomic E-state index is 0.227. The predicted molar refractivity (Wildman–Crippen MR) is 54.4 cm³/mol. The fourth-order valence-corrected chi connectivity index (χ4v) is 0.617. The molecule has 5 heteroatoms. The first-order valence-electron chi connectivity index (χ1n) is 4.43. The lowest BCUT2D eigenvalue weighted by atomic mass is 10.4. The van der Waals surface area contributed by atoms with Gasteiger partial charge in [0.2, 0.25) is 0 Å². The molecule has 0 rings (SSSR count). The zero-order valence-corrected chi connectivity index (χ0v) is 8.63. The van der Waals surface area contributed by atoms with Crippen molar-refractivity contribution < 1.29 is 4.74 Å². The van der Waals surface area contributed by atoms with E-state index in [0.717, 1.165) is 5.84 Å². The van der Waals surface area contributed by atoms with Gasteiger partial charge in [0.25, 0.3) is 0 Å². The van der Waals surface area contributed by atoms with E-state index in [4.69, 9.17) is 10.5 Å². The summed E-state index contributed by atoms with van der Waals surface area (Å²) in [7, 11) is 0. The third kappa shape index (κ3) is 9.26. The minimum Gasteiger partial charge on any atom is -0.351 e. The van der Waals surface area contributed by atoms with E-state index >= 15 is 0 Å². The molecule has 0 saturated heterocycles. The van der Waals surface area contributed by atoms with E-state index in [1.165, 1.54) is 0 Å². The Morgan fingerprint density at radius 2 is 2.23 bits per heavy atom. The van der Waals surface area contributed by atoms with Gasteiger partial charge < -0.3 is 15.8 Å². The molecule has 0 radical (unpaired) electrons. The average molecular weight is 188 g/mol. The highest BCUT2D eigenvalue weighted by molar-refractivity contribution is 5.79. The van der Waals surface area contributed by atoms with Gasteiger partial charge in [-0.2, -0.15) is 0 Å². The summed E-state index contributed by atoms with van der Waals surface area (Å²) in [5.74, 6) is 0.849. The van der Waals surface area contributed by atoms with Crippen LogP contribution in [0, 0.1) is 0 Å². The van der Waals surface area contributed by atoms with E-state index in [1.54, 1.807) is 0 Å². The fraction of sp³-hybridized carbons (Fsp3) is 0.875. The van der Waals surface area contributed by atoms with Gasteiger partial charge in [0.1, 0.15) is 6.73 Å². The van der Waals surface area contributed by atoms with E-state index in [0.29, 0.717) is 19.4 Å². The SMILES string of the molecule is C/C(=N\CNC(C)C)NCOCN. The number of aliphatic imine (C=N–C) groups is 1. The highest BCUT2D eigenvalue weighted by Crippen LogP contribution is 1.77. The number of amidine groups is 1. The Kier molecular flexibility index (Phi) is 7.57. The topological polar surface area (TPSA) is 71.7 Å². The molecule has 0 aromatic heterocycles. The van der Waals surface area contributed by atoms with Crippen LogP contribution in [0.4, 0.5) is 0 Å². The lowest BCUT2D eigenvalue weighted by molar-refractivity contribution is 0.135. The van der Waals surface area contributed by atoms with Gasteiger partial charge in [-0.05, 0) is 20.8 Å². The molecule has 0 bridgehead atoms. The Bertz CT molecular complexity index is 147. The van der Waals surface area contributed by atoms with Gasteiger partial charge in [0.05, 0.1) is 19.2 Å². The monoisotopic (exact) mass is 188 g/mol. The van der Waals surface area contributed by atoms with Crippen molar-refractivity contribution in [1.29, 1.82) is 0 Å². The molecule has 0 saturated carbocycles. The van der Waals surface area contributed by atoms with Crippen LogP contribution in [0.15, 0.2) is 4.99 Å². The number of hydrogen-bond acceptors (Lipinski definition) is 4. The Balaban J connectivity index is 3.39. The molecule has 4 N–H and O–H groups in total. The molecule has 5 nitrogen and oxygen atoms in total. The quantitative estimate of drug-likeness (QED) is 0.234. The van der Waals surface area contributed by atoms with Gasteiger partial charge in [-0.15, -0.1) is 0 Å². The first-order valence-corrected chi connectivity index (χ1v) is 4.43. The van der Waals surface area contributed by atoms with Crippen molar-refractivity contribution in [3.63, 3.8) is 0 Å². The Morgan fingerprint density at radius 1 is 1.54 bits per heavy atom. The molecule has 78 valence electrons. The van der Waals surface area contributed by atoms with Crippen LogP contribution in [0.5, 0.6) is 0 Å². The normalized spacial score (nSPS) is 12.2. The molecule has 0 aliphatic carbocycles. The van der Waals surface area contributed by atoms with Crippen LogP contribution in [0.25, 0.3) is 0 Å². The fourth-order valence-electron chi connectivity index (χ4n) is 0.617. The van der Waals surface area contributed by atoms with Gasteiger partial charge in [-0.3, -0.25) is 10.3 Å². The van der Waals surface area contributed by atoms with E-state index < -0.39 is 0 Å². The number of rotatable bonds is 6. The second-order valence-corrected chi connectivity index (χ2v) is 2.95. The van der Waals surface area contributed by atoms with Gasteiger partial charge in [0.15, 0.2) is 0 Å². The maximum absolute atomic E-state index is 5.14. The zero-order chi connectivity index (χ0) is 10.1. The molecule has 0 spiro atoms. The van der Waals surface area contributed by atoms with Crippen molar-refractivity contribution in [2.75, 3.05) is 20.1 Å². The van der Waals surface area contributed by atoms with E-state index in [1.807, 2.05) is 6.92 Å². The van der Waals surface area contributed by atoms with Crippen LogP contribution in [-0.2, 0) is 4.74 Å². The maximum Gasteiger partial charge on any atom is 0.119 e. The van der Waals surface area contributed by atoms with Crippen LogP contribution >= 0.6 is 0 Å². The predicted octanol–water partition coefficient (Wildman–Crippen LogP) is -0.160. The zero-order valence-electron chi connectivity index (χ0n) is 8.63. The largest absolute Gasteiger partial charge is 0.351 e. The summed E-state index contributed by atoms with van der Waals surface area (Å²) in [6.07, 6.45) is 0. The first-order chi connectivity index (χ1) is 6.16. The summed E-state index contributed by atoms with van der Waals surface area (Å²) in [5, 5.41) is 6.14. The number of nitrogens with two attached hydrogens (primary N) is 1. The van der Waals surface area contributed by atoms with Gasteiger partial charge in [0, 0.05) is 6.04 Å². The molecule has 0 unspecified atom stereocenters. The molecule has 0 aliphatic heterocycles. The van der Waals surface area contributed by atoms with Crippen molar-refractivity contribution in [1.82, 2.24) is 10.6 Å². The van der Waals surface area contributed by atoms with Gasteiger partial charge >= 0.3 is 0 Å². The molecule has 0 aromatic rings. The molecule has 0 heterocycles. The lowest BCUT2D eigenvalue weighted by Crippen LogP contribution is -2.28. The second-order valence-electron chi connectivity index (χ2n) is 2.95. The molecule has 0 amide bonds. The summed E-state index contributed by atoms with van der Waals surface area (Å²) in [4.78, 5) is 4.21. The molecule has 0 fully saturated rings. The first kappa shape index (κ1) is 12.3. The lowest BCUT2D eigenvalue weighted by Gasteiger charge is -2.07. The third-order valence-corrected chi connectivity index (χ3v) is 1.36. The number of ether oxygens (including phenoxy) is 1. The van der Waals surface area contributed by atoms with E-state index in [2.05, 4.69) is 29.5 Å². The van der Waals surface area contributed by atoms with Gasteiger partial charge in [-0.25, -0.2) is 0 Å². The molecule has 0 aliphatic rings. The standard InChI is InChI=1S/C8H20N4O/c1-7(2)10-5-11-8(3)12-6-13-4-9/h7,10H,4-6,9H2,1-3H3,(H,11,12). The highest BCUT2D eigenvalue weighted by Gasteiger charge is 1.90. The van der Waals surface area contributed by atoms with E-state index in [9.17, 15) is 0 Å². The summed E-state index contributed by atoms with van der Waals surface area (Å²) in [5.41, 5.74) is 5.14. The Hall–Kier alpha value is -0.650. The summed E-state index contributed by atoms with van der Waals surface area (Å²) in [6, 6.07) is 0.455. The van der Waals surface area contributed by atoms with Crippen LogP contribution in [0.2, 0.25) is 0 Å². The van der Waals surface area contributed by atoms with Crippen molar-refractivity contribution in [3.8, 4) is 0 Å². The van der Waals surface area contributed by atoms with Crippen LogP contribution in [0.1, 0.15) is 20.8 Å². The van der Waals surface area contributed by atoms with E-state index in [-0.39, 0.29) is 6.73 Å². The summed E-state index contributed by atoms with van der Waals surface area (Å²) >= 11 is 0. The average Bonchev–Trinajstić information content (AvgIpc) is 2.04. The Morgan fingerprint density at radius 3 is 2.77 bits per heavy atom. The van der Waals surface area contributed by atoms with Crippen LogP contribution < -0.4 is 16.4 Å². The summed E-state index contributed by atoms with van der Waals surface area (Å²) < 4.78 is 4.90. The number of nitrogens with one attached hydrogen (secondary N) is 2. The number of nitrogens with zero attached hydrogens (tertiary/aromatic N) is 1. The Labute approximate surface area is 79.7 Å². The molecule has 0 aromatic carbocycles. The highest BCUT2D eigenvalue weighted by atomic mass is 16.5. The van der Waals surface area contributed by atoms with Crippen molar-refractivity contribution >= 4 is 5.84 Å². The van der Waals surface area contributed by atoms with Crippen molar-refractivity contribution in [3.05, 3.63) is 0 Å². The third-order valence-electron chi connectivity index (χ3n) is 1.36. The van der Waals surface area contributed by atoms with Crippen molar-refractivity contribution in [2.45, 2.75) is 26.8 Å². The maximum atomic E-state index is 5.14.